The van der Waals surface area contributed by atoms with E-state index < -0.39 is 17.1 Å². The molecule has 7 nitrogen and oxygen atoms in total. The van der Waals surface area contributed by atoms with Crippen LogP contribution in [0.1, 0.15) is 33.7 Å². The summed E-state index contributed by atoms with van der Waals surface area (Å²) in [7, 11) is 0. The molecule has 1 atom stereocenters. The maximum absolute atomic E-state index is 14.2. The van der Waals surface area contributed by atoms with E-state index in [1.165, 1.54) is 11.8 Å². The average molecular weight is 751 g/mol. The summed E-state index contributed by atoms with van der Waals surface area (Å²) in [5.41, 5.74) is 5.67. The van der Waals surface area contributed by atoms with Crippen molar-refractivity contribution in [2.75, 3.05) is 10.6 Å². The molecule has 3 amide bonds. The molecule has 0 saturated carbocycles. The number of anilines is 2. The van der Waals surface area contributed by atoms with Crippen LogP contribution in [-0.4, -0.2) is 22.3 Å². The molecule has 7 aromatic carbocycles. The Labute approximate surface area is 329 Å². The van der Waals surface area contributed by atoms with Gasteiger partial charge in [0.05, 0.1) is 0 Å². The van der Waals surface area contributed by atoms with Crippen molar-refractivity contribution in [1.82, 2.24) is 9.88 Å². The van der Waals surface area contributed by atoms with Gasteiger partial charge in [-0.3, -0.25) is 14.4 Å². The Morgan fingerprint density at radius 3 is 2.09 bits per heavy atom. The maximum atomic E-state index is 14.2. The molecule has 3 N–H and O–H groups in total. The number of hydrogen-bond donors (Lipinski definition) is 3. The number of aryl methyl sites for hydroxylation is 1. The molecule has 0 radical (unpaired) electrons. The molecule has 0 bridgehead atoms. The summed E-state index contributed by atoms with van der Waals surface area (Å²) in [4.78, 5) is 42.3. The van der Waals surface area contributed by atoms with Crippen molar-refractivity contribution in [3.8, 4) is 0 Å². The molecule has 8 aromatic rings. The number of thioether (sulfide) groups is 1. The summed E-state index contributed by atoms with van der Waals surface area (Å²) in [5, 5.41) is 12.6. The first-order chi connectivity index (χ1) is 27.4. The molecular weight excluding hydrogens is 713 g/mol. The van der Waals surface area contributed by atoms with Gasteiger partial charge in [-0.25, -0.2) is 0 Å². The second-order valence-electron chi connectivity index (χ2n) is 13.3. The number of fused-ring (bicyclic) bond motifs is 4. The lowest BCUT2D eigenvalue weighted by Crippen LogP contribution is -2.30. The fourth-order valence-electron chi connectivity index (χ4n) is 7.04. The quantitative estimate of drug-likeness (QED) is 0.0907. The van der Waals surface area contributed by atoms with Gasteiger partial charge in [0.1, 0.15) is 10.9 Å². The van der Waals surface area contributed by atoms with Gasteiger partial charge >= 0.3 is 0 Å². The Morgan fingerprint density at radius 1 is 0.625 bits per heavy atom. The minimum absolute atomic E-state index is 0.0915. The predicted octanol–water partition coefficient (Wildman–Crippen LogP) is 10.8. The number of amides is 3. The minimum atomic E-state index is -0.596. The Kier molecular flexibility index (Phi) is 10.5. The SMILES string of the molecule is CCn1c2ccccc2c2cc(NC(=O)C(Sc3cccc(NC(=O)/C(=C\c4cccc5ccccc45)NC(=O)c4ccccc4)c3)c3ccccc3)ccc21. The van der Waals surface area contributed by atoms with Gasteiger partial charge in [0.15, 0.2) is 0 Å². The first kappa shape index (κ1) is 36.1. The van der Waals surface area contributed by atoms with Gasteiger partial charge in [0.25, 0.3) is 11.8 Å². The maximum Gasteiger partial charge on any atom is 0.272 e. The molecule has 8 rings (SSSR count). The molecule has 1 heterocycles. The van der Waals surface area contributed by atoms with Gasteiger partial charge in [-0.05, 0) is 89.5 Å². The van der Waals surface area contributed by atoms with Crippen LogP contribution in [0.15, 0.2) is 180 Å². The second kappa shape index (κ2) is 16.2. The van der Waals surface area contributed by atoms with E-state index in [0.717, 1.165) is 55.1 Å². The third-order valence-corrected chi connectivity index (χ3v) is 10.9. The van der Waals surface area contributed by atoms with Crippen LogP contribution in [0, 0.1) is 0 Å². The standard InChI is InChI=1S/C48H38N4O3S/c1-2-52-43-26-12-11-25-40(43)41-31-37(27-28-44(41)52)50-48(55)45(33-16-5-3-6-17-33)56-38-23-14-22-36(30-38)49-47(54)42(51-46(53)34-18-7-4-8-19-34)29-35-21-13-20-32-15-9-10-24-39(32)35/h3-31,45H,2H2,1H3,(H,49,54)(H,50,55)(H,51,53)/b42-29+. The molecular formula is C48H38N4O3S. The van der Waals surface area contributed by atoms with E-state index in [9.17, 15) is 14.4 Å². The summed E-state index contributed by atoms with van der Waals surface area (Å²) >= 11 is 1.39. The van der Waals surface area contributed by atoms with Gasteiger partial charge in [0.2, 0.25) is 5.91 Å². The Hall–Kier alpha value is -6.90. The van der Waals surface area contributed by atoms with Crippen molar-refractivity contribution in [2.45, 2.75) is 23.6 Å². The van der Waals surface area contributed by atoms with Crippen molar-refractivity contribution < 1.29 is 14.4 Å². The molecule has 274 valence electrons. The first-order valence-electron chi connectivity index (χ1n) is 18.5. The van der Waals surface area contributed by atoms with Crippen LogP contribution in [0.3, 0.4) is 0 Å². The summed E-state index contributed by atoms with van der Waals surface area (Å²) in [6.45, 7) is 2.97. The summed E-state index contributed by atoms with van der Waals surface area (Å²) < 4.78 is 2.28. The van der Waals surface area contributed by atoms with E-state index in [2.05, 4.69) is 45.6 Å². The Morgan fingerprint density at radius 2 is 1.29 bits per heavy atom. The van der Waals surface area contributed by atoms with Crippen LogP contribution in [0.2, 0.25) is 0 Å². The number of para-hydroxylation sites is 1. The first-order valence-corrected chi connectivity index (χ1v) is 19.3. The zero-order valence-corrected chi connectivity index (χ0v) is 31.4. The zero-order chi connectivity index (χ0) is 38.4. The van der Waals surface area contributed by atoms with E-state index in [-0.39, 0.29) is 11.6 Å². The average Bonchev–Trinajstić information content (AvgIpc) is 3.56. The molecule has 0 aliphatic heterocycles. The predicted molar refractivity (Wildman–Crippen MR) is 230 cm³/mol. The van der Waals surface area contributed by atoms with E-state index in [1.54, 1.807) is 36.4 Å². The summed E-state index contributed by atoms with van der Waals surface area (Å²) in [6, 6.07) is 54.0. The lowest BCUT2D eigenvalue weighted by Gasteiger charge is -2.18. The molecule has 0 aliphatic rings. The highest BCUT2D eigenvalue weighted by molar-refractivity contribution is 8.00. The highest BCUT2D eigenvalue weighted by Crippen LogP contribution is 2.38. The number of benzene rings is 7. The number of hydrogen-bond acceptors (Lipinski definition) is 4. The summed E-state index contributed by atoms with van der Waals surface area (Å²) in [6.07, 6.45) is 1.70. The smallest absolute Gasteiger partial charge is 0.272 e. The largest absolute Gasteiger partial charge is 0.341 e. The normalized spacial score (nSPS) is 12.1. The fourth-order valence-corrected chi connectivity index (χ4v) is 8.12. The third kappa shape index (κ3) is 7.69. The number of aromatic nitrogens is 1. The minimum Gasteiger partial charge on any atom is -0.341 e. The van der Waals surface area contributed by atoms with Crippen LogP contribution in [0.4, 0.5) is 11.4 Å². The van der Waals surface area contributed by atoms with E-state index >= 15 is 0 Å². The molecule has 0 spiro atoms. The van der Waals surface area contributed by atoms with Crippen molar-refractivity contribution in [1.29, 1.82) is 0 Å². The van der Waals surface area contributed by atoms with Crippen molar-refractivity contribution in [3.63, 3.8) is 0 Å². The van der Waals surface area contributed by atoms with Crippen molar-refractivity contribution in [2.24, 2.45) is 0 Å². The lowest BCUT2D eigenvalue weighted by atomic mass is 10.0. The molecule has 0 aliphatic carbocycles. The van der Waals surface area contributed by atoms with E-state index in [0.29, 0.717) is 16.9 Å². The summed E-state index contributed by atoms with van der Waals surface area (Å²) in [5.74, 6) is -1.05. The fraction of sp³-hybridized carbons (Fsp3) is 0.0625. The monoisotopic (exact) mass is 750 g/mol. The number of carbonyl (C=O) groups excluding carboxylic acids is 3. The van der Waals surface area contributed by atoms with Crippen LogP contribution < -0.4 is 16.0 Å². The second-order valence-corrected chi connectivity index (χ2v) is 14.5. The van der Waals surface area contributed by atoms with E-state index in [4.69, 9.17) is 0 Å². The van der Waals surface area contributed by atoms with Crippen LogP contribution >= 0.6 is 11.8 Å². The number of rotatable bonds is 11. The van der Waals surface area contributed by atoms with Crippen LogP contribution in [0.5, 0.6) is 0 Å². The molecule has 0 fully saturated rings. The Balaban J connectivity index is 1.06. The van der Waals surface area contributed by atoms with Gasteiger partial charge in [-0.1, -0.05) is 115 Å². The van der Waals surface area contributed by atoms with Gasteiger partial charge < -0.3 is 20.5 Å². The third-order valence-electron chi connectivity index (χ3n) is 9.69. The van der Waals surface area contributed by atoms with Crippen LogP contribution in [-0.2, 0) is 16.1 Å². The number of carbonyl (C=O) groups is 3. The van der Waals surface area contributed by atoms with Crippen molar-refractivity contribution >= 4 is 79.5 Å². The molecule has 0 saturated heterocycles. The highest BCUT2D eigenvalue weighted by Gasteiger charge is 2.23. The lowest BCUT2D eigenvalue weighted by molar-refractivity contribution is -0.116. The molecule has 8 heteroatoms. The van der Waals surface area contributed by atoms with Gasteiger partial charge in [0, 0.05) is 50.2 Å². The highest BCUT2D eigenvalue weighted by atomic mass is 32.2. The Bertz CT molecular complexity index is 2750. The molecule has 1 unspecified atom stereocenters. The van der Waals surface area contributed by atoms with Crippen LogP contribution in [0.25, 0.3) is 38.7 Å². The number of nitrogens with zero attached hydrogens (tertiary/aromatic N) is 1. The number of nitrogens with one attached hydrogen (secondary N) is 3. The van der Waals surface area contributed by atoms with E-state index in [1.807, 2.05) is 121 Å². The van der Waals surface area contributed by atoms with Gasteiger partial charge in [-0.15, -0.1) is 11.8 Å². The van der Waals surface area contributed by atoms with Crippen molar-refractivity contribution in [3.05, 3.63) is 192 Å². The van der Waals surface area contributed by atoms with Gasteiger partial charge in [-0.2, -0.15) is 0 Å². The molecule has 56 heavy (non-hydrogen) atoms. The zero-order valence-electron chi connectivity index (χ0n) is 30.6. The molecule has 1 aromatic heterocycles. The topological polar surface area (TPSA) is 92.2 Å².